The summed E-state index contributed by atoms with van der Waals surface area (Å²) in [4.78, 5) is 13.6. The number of nitrogens with zero attached hydrogens (tertiary/aromatic N) is 4. The van der Waals surface area contributed by atoms with Gasteiger partial charge in [0.1, 0.15) is 12.1 Å². The molecular weight excluding hydrogens is 508 g/mol. The third-order valence-electron chi connectivity index (χ3n) is 5.22. The van der Waals surface area contributed by atoms with Crippen LogP contribution < -0.4 is 10.2 Å². The van der Waals surface area contributed by atoms with Gasteiger partial charge in [0.05, 0.1) is 5.69 Å². The molecule has 0 atom stereocenters. The van der Waals surface area contributed by atoms with E-state index in [9.17, 15) is 4.39 Å². The summed E-state index contributed by atoms with van der Waals surface area (Å²) in [5.41, 5.74) is 2.89. The third-order valence-corrected chi connectivity index (χ3v) is 5.22. The fourth-order valence-corrected chi connectivity index (χ4v) is 3.60. The van der Waals surface area contributed by atoms with Crippen LogP contribution in [0.15, 0.2) is 70.3 Å². The summed E-state index contributed by atoms with van der Waals surface area (Å²) in [7, 11) is 1.81. The molecule has 164 valence electrons. The van der Waals surface area contributed by atoms with E-state index >= 15 is 0 Å². The summed E-state index contributed by atoms with van der Waals surface area (Å²) in [5, 5.41) is 3.42. The SMILES string of the molecule is CN=C(NCCc1coc(-c2ccc(F)cc2)n1)N1CCN(c2ccccc2)CC1.I. The Bertz CT molecular complexity index is 969. The minimum Gasteiger partial charge on any atom is -0.444 e. The molecule has 0 saturated carbocycles. The van der Waals surface area contributed by atoms with Gasteiger partial charge in [0.2, 0.25) is 5.89 Å². The number of benzene rings is 2. The second-order valence-electron chi connectivity index (χ2n) is 7.18. The molecule has 2 heterocycles. The highest BCUT2D eigenvalue weighted by Crippen LogP contribution is 2.19. The molecule has 0 unspecified atom stereocenters. The Morgan fingerprint density at radius 3 is 2.45 bits per heavy atom. The normalized spacial score (nSPS) is 14.3. The smallest absolute Gasteiger partial charge is 0.226 e. The van der Waals surface area contributed by atoms with Crippen LogP contribution in [-0.2, 0) is 6.42 Å². The highest BCUT2D eigenvalue weighted by molar-refractivity contribution is 14.0. The molecule has 1 aliphatic heterocycles. The van der Waals surface area contributed by atoms with Gasteiger partial charge in [-0.25, -0.2) is 9.37 Å². The molecule has 31 heavy (non-hydrogen) atoms. The van der Waals surface area contributed by atoms with Crippen LogP contribution in [0.1, 0.15) is 5.69 Å². The van der Waals surface area contributed by atoms with E-state index in [4.69, 9.17) is 4.42 Å². The first-order chi connectivity index (χ1) is 14.7. The molecule has 0 amide bonds. The number of halogens is 2. The van der Waals surface area contributed by atoms with E-state index in [1.165, 1.54) is 17.8 Å². The van der Waals surface area contributed by atoms with Crippen LogP contribution in [-0.4, -0.2) is 55.6 Å². The zero-order valence-corrected chi connectivity index (χ0v) is 19.8. The number of hydrogen-bond donors (Lipinski definition) is 1. The second kappa shape index (κ2) is 11.1. The number of para-hydroxylation sites is 1. The van der Waals surface area contributed by atoms with Gasteiger partial charge in [-0.3, -0.25) is 4.99 Å². The summed E-state index contributed by atoms with van der Waals surface area (Å²) >= 11 is 0. The molecule has 1 N–H and O–H groups in total. The molecular formula is C23H27FIN5O. The molecule has 0 radical (unpaired) electrons. The lowest BCUT2D eigenvalue weighted by molar-refractivity contribution is 0.373. The van der Waals surface area contributed by atoms with Crippen LogP contribution in [0.2, 0.25) is 0 Å². The van der Waals surface area contributed by atoms with Crippen molar-refractivity contribution in [1.82, 2.24) is 15.2 Å². The highest BCUT2D eigenvalue weighted by atomic mass is 127. The van der Waals surface area contributed by atoms with Crippen molar-refractivity contribution in [2.45, 2.75) is 6.42 Å². The number of piperazine rings is 1. The predicted molar refractivity (Wildman–Crippen MR) is 133 cm³/mol. The standard InChI is InChI=1S/C23H26FN5O.HI/c1-25-23(29-15-13-28(14-16-29)21-5-3-2-4-6-21)26-12-11-20-17-30-22(27-20)18-7-9-19(24)10-8-18;/h2-10,17H,11-16H2,1H3,(H,25,26);1H. The van der Waals surface area contributed by atoms with Gasteiger partial charge in [0, 0.05) is 57.4 Å². The maximum atomic E-state index is 13.1. The van der Waals surface area contributed by atoms with E-state index in [1.54, 1.807) is 18.4 Å². The zero-order chi connectivity index (χ0) is 20.8. The molecule has 8 heteroatoms. The van der Waals surface area contributed by atoms with Crippen LogP contribution in [0.5, 0.6) is 0 Å². The van der Waals surface area contributed by atoms with Gasteiger partial charge < -0.3 is 19.5 Å². The lowest BCUT2D eigenvalue weighted by Crippen LogP contribution is -2.52. The van der Waals surface area contributed by atoms with E-state index in [0.717, 1.165) is 43.4 Å². The fourth-order valence-electron chi connectivity index (χ4n) is 3.60. The average Bonchev–Trinajstić information content (AvgIpc) is 3.27. The van der Waals surface area contributed by atoms with Crippen molar-refractivity contribution in [3.63, 3.8) is 0 Å². The number of hydrogen-bond acceptors (Lipinski definition) is 4. The summed E-state index contributed by atoms with van der Waals surface area (Å²) in [6.45, 7) is 4.49. The average molecular weight is 535 g/mol. The number of guanidine groups is 1. The summed E-state index contributed by atoms with van der Waals surface area (Å²) in [5.74, 6) is 1.14. The predicted octanol–water partition coefficient (Wildman–Crippen LogP) is 4.04. The highest BCUT2D eigenvalue weighted by Gasteiger charge is 2.19. The lowest BCUT2D eigenvalue weighted by atomic mass is 10.2. The molecule has 6 nitrogen and oxygen atoms in total. The molecule has 1 fully saturated rings. The van der Waals surface area contributed by atoms with Crippen LogP contribution in [0, 0.1) is 5.82 Å². The number of aliphatic imine (C=N–C) groups is 1. The van der Waals surface area contributed by atoms with E-state index in [0.29, 0.717) is 18.9 Å². The summed E-state index contributed by atoms with van der Waals surface area (Å²) in [6.07, 6.45) is 2.37. The third kappa shape index (κ3) is 5.96. The molecule has 4 rings (SSSR count). The van der Waals surface area contributed by atoms with Crippen LogP contribution in [0.3, 0.4) is 0 Å². The van der Waals surface area contributed by atoms with E-state index < -0.39 is 0 Å². The van der Waals surface area contributed by atoms with Gasteiger partial charge in [0.25, 0.3) is 0 Å². The largest absolute Gasteiger partial charge is 0.444 e. The Labute approximate surface area is 199 Å². The first-order valence-electron chi connectivity index (χ1n) is 10.2. The van der Waals surface area contributed by atoms with Crippen molar-refractivity contribution in [2.75, 3.05) is 44.7 Å². The van der Waals surface area contributed by atoms with Crippen molar-refractivity contribution < 1.29 is 8.81 Å². The Kier molecular flexibility index (Phi) is 8.27. The minimum absolute atomic E-state index is 0. The lowest BCUT2D eigenvalue weighted by Gasteiger charge is -2.37. The Balaban J connectivity index is 0.00000272. The molecule has 1 saturated heterocycles. The number of nitrogens with one attached hydrogen (secondary N) is 1. The molecule has 1 aromatic heterocycles. The second-order valence-corrected chi connectivity index (χ2v) is 7.18. The molecule has 0 bridgehead atoms. The van der Waals surface area contributed by atoms with Gasteiger partial charge in [-0.15, -0.1) is 24.0 Å². The van der Waals surface area contributed by atoms with Crippen molar-refractivity contribution in [3.05, 3.63) is 72.4 Å². The molecule has 0 spiro atoms. The van der Waals surface area contributed by atoms with E-state index in [2.05, 4.69) is 49.4 Å². The topological polar surface area (TPSA) is 56.9 Å². The minimum atomic E-state index is -0.272. The number of rotatable bonds is 5. The van der Waals surface area contributed by atoms with Crippen molar-refractivity contribution >= 4 is 35.6 Å². The molecule has 0 aliphatic carbocycles. The van der Waals surface area contributed by atoms with Gasteiger partial charge in [-0.1, -0.05) is 18.2 Å². The number of anilines is 1. The summed E-state index contributed by atoms with van der Waals surface area (Å²) in [6, 6.07) is 16.6. The first kappa shape index (κ1) is 23.1. The molecule has 3 aromatic rings. The maximum Gasteiger partial charge on any atom is 0.226 e. The maximum absolute atomic E-state index is 13.1. The van der Waals surface area contributed by atoms with Crippen molar-refractivity contribution in [2.24, 2.45) is 4.99 Å². The van der Waals surface area contributed by atoms with E-state index in [1.807, 2.05) is 13.1 Å². The zero-order valence-electron chi connectivity index (χ0n) is 17.5. The van der Waals surface area contributed by atoms with Crippen LogP contribution in [0.4, 0.5) is 10.1 Å². The Hall–Kier alpha value is -2.62. The van der Waals surface area contributed by atoms with Gasteiger partial charge >= 0.3 is 0 Å². The first-order valence-corrected chi connectivity index (χ1v) is 10.2. The molecule has 1 aliphatic rings. The molecule has 2 aromatic carbocycles. The fraction of sp³-hybridized carbons (Fsp3) is 0.304. The quantitative estimate of drug-likeness (QED) is 0.304. The van der Waals surface area contributed by atoms with Gasteiger partial charge in [-0.2, -0.15) is 0 Å². The van der Waals surface area contributed by atoms with Gasteiger partial charge in [0.15, 0.2) is 5.96 Å². The Morgan fingerprint density at radius 2 is 1.77 bits per heavy atom. The Morgan fingerprint density at radius 1 is 1.06 bits per heavy atom. The van der Waals surface area contributed by atoms with Crippen LogP contribution >= 0.6 is 24.0 Å². The van der Waals surface area contributed by atoms with Gasteiger partial charge in [-0.05, 0) is 36.4 Å². The number of oxazole rings is 1. The van der Waals surface area contributed by atoms with Crippen molar-refractivity contribution in [3.8, 4) is 11.5 Å². The van der Waals surface area contributed by atoms with Crippen molar-refractivity contribution in [1.29, 1.82) is 0 Å². The monoisotopic (exact) mass is 535 g/mol. The number of aromatic nitrogens is 1. The summed E-state index contributed by atoms with van der Waals surface area (Å²) < 4.78 is 18.6. The van der Waals surface area contributed by atoms with Crippen LogP contribution in [0.25, 0.3) is 11.5 Å². The van der Waals surface area contributed by atoms with E-state index in [-0.39, 0.29) is 29.8 Å².